The van der Waals surface area contributed by atoms with Crippen molar-refractivity contribution in [2.75, 3.05) is 31.7 Å². The van der Waals surface area contributed by atoms with E-state index >= 15 is 0 Å². The average Bonchev–Trinajstić information content (AvgIpc) is 2.14. The number of carbonyl (C=O) groups excluding carboxylic acids is 1. The molecule has 1 N–H and O–H groups in total. The molecule has 0 atom stereocenters. The largest absolute Gasteiger partial charge is 0.395 e. The quantitative estimate of drug-likeness (QED) is 0.621. The Morgan fingerprint density at radius 3 is 2.85 bits per heavy atom. The summed E-state index contributed by atoms with van der Waals surface area (Å²) < 4.78 is 0. The SMILES string of the molecule is C=CCN(CCO)C(=O)CCSC. The standard InChI is InChI=1S/C9H17NO2S/c1-3-5-10(6-7-11)9(12)4-8-13-2/h3,11H,1,4-8H2,2H3. The maximum Gasteiger partial charge on any atom is 0.223 e. The summed E-state index contributed by atoms with van der Waals surface area (Å²) in [4.78, 5) is 13.0. The van der Waals surface area contributed by atoms with Crippen molar-refractivity contribution < 1.29 is 9.90 Å². The van der Waals surface area contributed by atoms with Gasteiger partial charge in [-0.25, -0.2) is 0 Å². The Kier molecular flexibility index (Phi) is 7.83. The highest BCUT2D eigenvalue weighted by Crippen LogP contribution is 2.00. The van der Waals surface area contributed by atoms with Crippen molar-refractivity contribution in [1.82, 2.24) is 4.90 Å². The number of carbonyl (C=O) groups is 1. The molecule has 0 aromatic carbocycles. The maximum absolute atomic E-state index is 11.4. The van der Waals surface area contributed by atoms with Crippen LogP contribution in [0.5, 0.6) is 0 Å². The van der Waals surface area contributed by atoms with Crippen molar-refractivity contribution >= 4 is 17.7 Å². The molecule has 0 spiro atoms. The van der Waals surface area contributed by atoms with Crippen LogP contribution >= 0.6 is 11.8 Å². The molecule has 0 aliphatic heterocycles. The third kappa shape index (κ3) is 5.71. The molecule has 0 fully saturated rings. The summed E-state index contributed by atoms with van der Waals surface area (Å²) in [6, 6.07) is 0. The highest BCUT2D eigenvalue weighted by Gasteiger charge is 2.09. The van der Waals surface area contributed by atoms with E-state index in [9.17, 15) is 4.79 Å². The summed E-state index contributed by atoms with van der Waals surface area (Å²) in [5.41, 5.74) is 0. The van der Waals surface area contributed by atoms with Gasteiger partial charge in [0.05, 0.1) is 6.61 Å². The van der Waals surface area contributed by atoms with Gasteiger partial charge in [-0.15, -0.1) is 6.58 Å². The molecule has 0 heterocycles. The van der Waals surface area contributed by atoms with Gasteiger partial charge in [0.2, 0.25) is 5.91 Å². The van der Waals surface area contributed by atoms with Crippen LogP contribution in [0.2, 0.25) is 0 Å². The molecule has 4 heteroatoms. The summed E-state index contributed by atoms with van der Waals surface area (Å²) in [6.45, 7) is 4.50. The predicted octanol–water partition coefficient (Wildman–Crippen LogP) is 0.746. The number of aliphatic hydroxyl groups excluding tert-OH is 1. The fourth-order valence-electron chi connectivity index (χ4n) is 0.942. The average molecular weight is 203 g/mol. The third-order valence-corrected chi connectivity index (χ3v) is 2.20. The molecule has 0 saturated carbocycles. The predicted molar refractivity (Wildman–Crippen MR) is 56.9 cm³/mol. The molecular formula is C9H17NO2S. The van der Waals surface area contributed by atoms with Crippen molar-refractivity contribution in [1.29, 1.82) is 0 Å². The summed E-state index contributed by atoms with van der Waals surface area (Å²) in [5, 5.41) is 8.70. The Bertz CT molecular complexity index is 162. The molecule has 13 heavy (non-hydrogen) atoms. The second kappa shape index (κ2) is 8.13. The van der Waals surface area contributed by atoms with Gasteiger partial charge >= 0.3 is 0 Å². The Morgan fingerprint density at radius 2 is 2.38 bits per heavy atom. The Morgan fingerprint density at radius 1 is 1.69 bits per heavy atom. The topological polar surface area (TPSA) is 40.5 Å². The first-order valence-electron chi connectivity index (χ1n) is 4.24. The first kappa shape index (κ1) is 12.5. The lowest BCUT2D eigenvalue weighted by Gasteiger charge is -2.19. The van der Waals surface area contributed by atoms with Crippen molar-refractivity contribution in [3.8, 4) is 0 Å². The molecule has 0 aliphatic carbocycles. The smallest absolute Gasteiger partial charge is 0.223 e. The van der Waals surface area contributed by atoms with Gasteiger partial charge in [-0.05, 0) is 6.26 Å². The molecular weight excluding hydrogens is 186 g/mol. The van der Waals surface area contributed by atoms with Crippen LogP contribution < -0.4 is 0 Å². The molecule has 3 nitrogen and oxygen atoms in total. The lowest BCUT2D eigenvalue weighted by Crippen LogP contribution is -2.33. The number of hydrogen-bond acceptors (Lipinski definition) is 3. The van der Waals surface area contributed by atoms with Crippen LogP contribution in [0.4, 0.5) is 0 Å². The Hall–Kier alpha value is -0.480. The molecule has 0 aromatic heterocycles. The van der Waals surface area contributed by atoms with Gasteiger partial charge in [-0.2, -0.15) is 11.8 Å². The molecule has 0 rings (SSSR count). The van der Waals surface area contributed by atoms with Crippen LogP contribution in [-0.4, -0.2) is 47.6 Å². The number of hydrogen-bond donors (Lipinski definition) is 1. The molecule has 1 amide bonds. The summed E-state index contributed by atoms with van der Waals surface area (Å²) in [6.07, 6.45) is 4.18. The fraction of sp³-hybridized carbons (Fsp3) is 0.667. The van der Waals surface area contributed by atoms with E-state index in [0.29, 0.717) is 19.5 Å². The second-order valence-electron chi connectivity index (χ2n) is 2.59. The van der Waals surface area contributed by atoms with Crippen LogP contribution in [0, 0.1) is 0 Å². The molecule has 0 radical (unpaired) electrons. The zero-order valence-corrected chi connectivity index (χ0v) is 8.85. The minimum atomic E-state index is 0.0127. The van der Waals surface area contributed by atoms with Gasteiger partial charge in [0.1, 0.15) is 0 Å². The Labute approximate surface area is 83.8 Å². The van der Waals surface area contributed by atoms with Gasteiger partial charge in [-0.1, -0.05) is 6.08 Å². The van der Waals surface area contributed by atoms with E-state index < -0.39 is 0 Å². The van der Waals surface area contributed by atoms with Gasteiger partial charge < -0.3 is 10.0 Å². The zero-order valence-electron chi connectivity index (χ0n) is 8.03. The third-order valence-electron chi connectivity index (χ3n) is 1.59. The summed E-state index contributed by atoms with van der Waals surface area (Å²) in [7, 11) is 0. The summed E-state index contributed by atoms with van der Waals surface area (Å²) >= 11 is 1.65. The van der Waals surface area contributed by atoms with Crippen LogP contribution in [0.15, 0.2) is 12.7 Å². The van der Waals surface area contributed by atoms with Crippen molar-refractivity contribution in [3.05, 3.63) is 12.7 Å². The maximum atomic E-state index is 11.4. The molecule has 0 bridgehead atoms. The second-order valence-corrected chi connectivity index (χ2v) is 3.58. The van der Waals surface area contributed by atoms with Crippen molar-refractivity contribution in [2.24, 2.45) is 0 Å². The van der Waals surface area contributed by atoms with Crippen LogP contribution in [0.3, 0.4) is 0 Å². The van der Waals surface area contributed by atoms with Gasteiger partial charge in [-0.3, -0.25) is 4.79 Å². The molecule has 0 unspecified atom stereocenters. The number of thioether (sulfide) groups is 1. The van der Waals surface area contributed by atoms with Crippen LogP contribution in [0.25, 0.3) is 0 Å². The van der Waals surface area contributed by atoms with Crippen molar-refractivity contribution in [3.63, 3.8) is 0 Å². The van der Waals surface area contributed by atoms with E-state index in [2.05, 4.69) is 6.58 Å². The lowest BCUT2D eigenvalue weighted by atomic mass is 10.3. The van der Waals surface area contributed by atoms with Gasteiger partial charge in [0.15, 0.2) is 0 Å². The van der Waals surface area contributed by atoms with E-state index in [1.54, 1.807) is 22.7 Å². The van der Waals surface area contributed by atoms with E-state index in [1.165, 1.54) is 0 Å². The zero-order chi connectivity index (χ0) is 10.1. The molecule has 0 aromatic rings. The fourth-order valence-corrected chi connectivity index (χ4v) is 1.32. The van der Waals surface area contributed by atoms with E-state index in [0.717, 1.165) is 5.75 Å². The monoisotopic (exact) mass is 203 g/mol. The number of aliphatic hydroxyl groups is 1. The summed E-state index contributed by atoms with van der Waals surface area (Å²) in [5.74, 6) is 0.918. The van der Waals surface area contributed by atoms with E-state index in [4.69, 9.17) is 5.11 Å². The number of nitrogens with zero attached hydrogens (tertiary/aromatic N) is 1. The van der Waals surface area contributed by atoms with Gasteiger partial charge in [0.25, 0.3) is 0 Å². The molecule has 0 saturated heterocycles. The molecule has 0 aliphatic rings. The molecule has 76 valence electrons. The first-order chi connectivity index (χ1) is 6.26. The van der Waals surface area contributed by atoms with Crippen molar-refractivity contribution in [2.45, 2.75) is 6.42 Å². The van der Waals surface area contributed by atoms with Gasteiger partial charge in [0, 0.05) is 25.3 Å². The van der Waals surface area contributed by atoms with E-state index in [-0.39, 0.29) is 12.5 Å². The van der Waals surface area contributed by atoms with Crippen LogP contribution in [0.1, 0.15) is 6.42 Å². The number of amides is 1. The van der Waals surface area contributed by atoms with Crippen LogP contribution in [-0.2, 0) is 4.79 Å². The first-order valence-corrected chi connectivity index (χ1v) is 5.64. The van der Waals surface area contributed by atoms with E-state index in [1.807, 2.05) is 6.26 Å². The lowest BCUT2D eigenvalue weighted by molar-refractivity contribution is -0.130. The normalized spacial score (nSPS) is 9.69. The minimum Gasteiger partial charge on any atom is -0.395 e. The Balaban J connectivity index is 3.87. The minimum absolute atomic E-state index is 0.0127. The highest BCUT2D eigenvalue weighted by atomic mass is 32.2. The number of rotatable bonds is 7. The highest BCUT2D eigenvalue weighted by molar-refractivity contribution is 7.98.